The fraction of sp³-hybridized carbons (Fsp3) is 0.250. The predicted molar refractivity (Wildman–Crippen MR) is 108 cm³/mol. The minimum Gasteiger partial charge on any atom is -0.298 e. The molecule has 3 heteroatoms. The maximum Gasteiger partial charge on any atom is 0.152 e. The van der Waals surface area contributed by atoms with Crippen molar-refractivity contribution in [3.05, 3.63) is 58.6 Å². The number of terminal acetylenes is 2. The number of aryl methyl sites for hydroxylation is 1. The van der Waals surface area contributed by atoms with E-state index in [0.29, 0.717) is 5.02 Å². The highest BCUT2D eigenvalue weighted by Crippen LogP contribution is 2.41. The topological polar surface area (TPSA) is 34.1 Å². The summed E-state index contributed by atoms with van der Waals surface area (Å²) >= 11 is 5.97. The molecule has 2 nitrogen and oxygen atoms in total. The smallest absolute Gasteiger partial charge is 0.152 e. The third-order valence-electron chi connectivity index (χ3n) is 5.23. The van der Waals surface area contributed by atoms with E-state index in [9.17, 15) is 9.59 Å². The van der Waals surface area contributed by atoms with Gasteiger partial charge >= 0.3 is 0 Å². The molecule has 2 atom stereocenters. The summed E-state index contributed by atoms with van der Waals surface area (Å²) in [7, 11) is 0. The zero-order valence-corrected chi connectivity index (χ0v) is 15.8. The van der Waals surface area contributed by atoms with Gasteiger partial charge in [-0.2, -0.15) is 0 Å². The van der Waals surface area contributed by atoms with Crippen LogP contribution in [0.3, 0.4) is 0 Å². The van der Waals surface area contributed by atoms with Crippen molar-refractivity contribution < 1.29 is 9.59 Å². The fourth-order valence-electron chi connectivity index (χ4n) is 3.78. The molecule has 3 rings (SSSR count). The Kier molecular flexibility index (Phi) is 5.50. The Balaban J connectivity index is 2.05. The minimum atomic E-state index is -0.797. The monoisotopic (exact) mass is 374 g/mol. The van der Waals surface area contributed by atoms with Crippen molar-refractivity contribution in [1.29, 1.82) is 0 Å². The van der Waals surface area contributed by atoms with E-state index in [-0.39, 0.29) is 24.4 Å². The summed E-state index contributed by atoms with van der Waals surface area (Å²) in [5, 5.41) is 0.654. The number of carbonyl (C=O) groups excluding carboxylic acids is 2. The molecule has 1 saturated carbocycles. The number of halogens is 1. The Morgan fingerprint density at radius 1 is 0.889 bits per heavy atom. The maximum absolute atomic E-state index is 13.0. The summed E-state index contributed by atoms with van der Waals surface area (Å²) in [4.78, 5) is 26.1. The summed E-state index contributed by atoms with van der Waals surface area (Å²) in [6.45, 7) is 1.91. The molecule has 2 aromatic rings. The molecule has 1 aliphatic carbocycles. The lowest BCUT2D eigenvalue weighted by Crippen LogP contribution is -2.16. The van der Waals surface area contributed by atoms with Crippen LogP contribution in [0.4, 0.5) is 0 Å². The molecular formula is C24H19ClO2. The first-order valence-electron chi connectivity index (χ1n) is 8.78. The number of ketones is 2. The maximum atomic E-state index is 13.0. The number of hydrogen-bond donors (Lipinski definition) is 0. The van der Waals surface area contributed by atoms with Crippen LogP contribution in [0.15, 0.2) is 42.5 Å². The van der Waals surface area contributed by atoms with Crippen molar-refractivity contribution in [2.75, 3.05) is 0 Å². The summed E-state index contributed by atoms with van der Waals surface area (Å²) in [5.74, 6) is 3.02. The van der Waals surface area contributed by atoms with Crippen LogP contribution in [0.1, 0.15) is 29.9 Å². The van der Waals surface area contributed by atoms with Crippen molar-refractivity contribution >= 4 is 23.2 Å². The Morgan fingerprint density at radius 3 is 1.93 bits per heavy atom. The molecule has 0 amide bonds. The van der Waals surface area contributed by atoms with Crippen LogP contribution in [0.5, 0.6) is 0 Å². The average Bonchev–Trinajstić information content (AvgIpc) is 2.88. The normalized spacial score (nSPS) is 21.7. The van der Waals surface area contributed by atoms with Gasteiger partial charge in [-0.15, -0.1) is 24.7 Å². The molecular weight excluding hydrogens is 356 g/mol. The Hall–Kier alpha value is -2.81. The molecule has 0 spiro atoms. The first-order valence-corrected chi connectivity index (χ1v) is 9.16. The van der Waals surface area contributed by atoms with Crippen LogP contribution in [0, 0.1) is 43.4 Å². The first-order chi connectivity index (χ1) is 13.0. The van der Waals surface area contributed by atoms with Crippen LogP contribution in [-0.2, 0) is 9.59 Å². The molecule has 1 fully saturated rings. The molecule has 134 valence electrons. The van der Waals surface area contributed by atoms with Crippen molar-refractivity contribution in [3.8, 4) is 35.8 Å². The van der Waals surface area contributed by atoms with E-state index >= 15 is 0 Å². The molecule has 1 aliphatic rings. The van der Waals surface area contributed by atoms with E-state index in [1.54, 1.807) is 0 Å². The highest BCUT2D eigenvalue weighted by molar-refractivity contribution is 6.30. The van der Waals surface area contributed by atoms with Crippen molar-refractivity contribution in [1.82, 2.24) is 0 Å². The molecule has 0 bridgehead atoms. The van der Waals surface area contributed by atoms with E-state index in [0.717, 1.165) is 22.3 Å². The number of hydrogen-bond acceptors (Lipinski definition) is 2. The SMILES string of the molecule is C#CCC1C(=O)C(c2cc(-c3ccc(Cl)cc3)ccc2C)C(=O)C1CC#C. The quantitative estimate of drug-likeness (QED) is 0.567. The van der Waals surface area contributed by atoms with Gasteiger partial charge in [0.1, 0.15) is 5.92 Å². The van der Waals surface area contributed by atoms with Crippen molar-refractivity contribution in [2.24, 2.45) is 11.8 Å². The van der Waals surface area contributed by atoms with Gasteiger partial charge in [-0.3, -0.25) is 9.59 Å². The Morgan fingerprint density at radius 2 is 1.41 bits per heavy atom. The first kappa shape index (κ1) is 19.0. The van der Waals surface area contributed by atoms with Gasteiger partial charge < -0.3 is 0 Å². The van der Waals surface area contributed by atoms with Crippen LogP contribution < -0.4 is 0 Å². The Bertz CT molecular complexity index is 939. The summed E-state index contributed by atoms with van der Waals surface area (Å²) < 4.78 is 0. The summed E-state index contributed by atoms with van der Waals surface area (Å²) in [5.41, 5.74) is 3.54. The van der Waals surface area contributed by atoms with E-state index < -0.39 is 17.8 Å². The van der Waals surface area contributed by atoms with Gasteiger partial charge in [0.05, 0.1) is 0 Å². The number of rotatable bonds is 4. The minimum absolute atomic E-state index is 0.116. The van der Waals surface area contributed by atoms with Crippen LogP contribution in [0.25, 0.3) is 11.1 Å². The predicted octanol–water partition coefficient (Wildman–Crippen LogP) is 4.83. The lowest BCUT2D eigenvalue weighted by Gasteiger charge is -2.14. The standard InChI is InChI=1S/C24H19ClO2/c1-4-6-19-20(7-5-2)24(27)22(23(19)26)21-14-17(9-8-15(21)3)16-10-12-18(25)13-11-16/h1-2,8-14,19-20,22H,6-7H2,3H3. The number of benzene rings is 2. The van der Waals surface area contributed by atoms with Crippen molar-refractivity contribution in [3.63, 3.8) is 0 Å². The van der Waals surface area contributed by atoms with Gasteiger partial charge in [-0.05, 0) is 47.4 Å². The lowest BCUT2D eigenvalue weighted by molar-refractivity contribution is -0.125. The van der Waals surface area contributed by atoms with Crippen molar-refractivity contribution in [2.45, 2.75) is 25.7 Å². The molecule has 0 saturated heterocycles. The third kappa shape index (κ3) is 3.55. The van der Waals surface area contributed by atoms with Crippen LogP contribution in [-0.4, -0.2) is 11.6 Å². The van der Waals surface area contributed by atoms with Gasteiger partial charge in [0.15, 0.2) is 11.6 Å². The Labute approximate surface area is 164 Å². The lowest BCUT2D eigenvalue weighted by atomic mass is 9.88. The van der Waals surface area contributed by atoms with Gasteiger partial charge in [-0.1, -0.05) is 35.9 Å². The third-order valence-corrected chi connectivity index (χ3v) is 5.48. The largest absolute Gasteiger partial charge is 0.298 e. The molecule has 0 N–H and O–H groups in total. The average molecular weight is 375 g/mol. The number of carbonyl (C=O) groups is 2. The summed E-state index contributed by atoms with van der Waals surface area (Å²) in [6, 6.07) is 13.3. The molecule has 0 heterocycles. The molecule has 0 radical (unpaired) electrons. The van der Waals surface area contributed by atoms with Gasteiger partial charge in [0, 0.05) is 29.7 Å². The highest BCUT2D eigenvalue weighted by Gasteiger charge is 2.49. The zero-order valence-electron chi connectivity index (χ0n) is 15.0. The molecule has 2 unspecified atom stereocenters. The number of Topliss-reactive ketones (excluding diaryl/α,β-unsaturated/α-hetero) is 2. The second kappa shape index (κ2) is 7.83. The van der Waals surface area contributed by atoms with Gasteiger partial charge in [0.25, 0.3) is 0 Å². The molecule has 2 aromatic carbocycles. The summed E-state index contributed by atoms with van der Waals surface area (Å²) in [6.07, 6.45) is 11.3. The molecule has 0 aliphatic heterocycles. The van der Waals surface area contributed by atoms with E-state index in [4.69, 9.17) is 24.4 Å². The van der Waals surface area contributed by atoms with Crippen LogP contribution in [0.2, 0.25) is 5.02 Å². The van der Waals surface area contributed by atoms with E-state index in [2.05, 4.69) is 11.8 Å². The van der Waals surface area contributed by atoms with E-state index in [1.165, 1.54) is 0 Å². The second-order valence-electron chi connectivity index (χ2n) is 6.85. The van der Waals surface area contributed by atoms with Gasteiger partial charge in [-0.25, -0.2) is 0 Å². The zero-order chi connectivity index (χ0) is 19.6. The molecule has 27 heavy (non-hydrogen) atoms. The fourth-order valence-corrected chi connectivity index (χ4v) is 3.91. The van der Waals surface area contributed by atoms with Gasteiger partial charge in [0.2, 0.25) is 0 Å². The molecule has 0 aromatic heterocycles. The highest BCUT2D eigenvalue weighted by atomic mass is 35.5. The second-order valence-corrected chi connectivity index (χ2v) is 7.28. The van der Waals surface area contributed by atoms with Crippen LogP contribution >= 0.6 is 11.6 Å². The van der Waals surface area contributed by atoms with E-state index in [1.807, 2.05) is 49.4 Å².